The van der Waals surface area contributed by atoms with E-state index in [2.05, 4.69) is 0 Å². The fourth-order valence-electron chi connectivity index (χ4n) is 5.57. The number of unbranched alkanes of at least 4 members (excludes halogenated alkanes) is 31. The van der Waals surface area contributed by atoms with Gasteiger partial charge < -0.3 is 20.4 Å². The van der Waals surface area contributed by atoms with Crippen molar-refractivity contribution in [3.05, 3.63) is 0 Å². The van der Waals surface area contributed by atoms with Crippen LogP contribution >= 0.6 is 0 Å². The van der Waals surface area contributed by atoms with Gasteiger partial charge >= 0.3 is 0 Å². The molecule has 4 nitrogen and oxygen atoms in total. The fraction of sp³-hybridized carbons (Fsp3) is 1.00. The van der Waals surface area contributed by atoms with Gasteiger partial charge in [-0.3, -0.25) is 0 Å². The van der Waals surface area contributed by atoms with Crippen LogP contribution in [0.1, 0.15) is 212 Å². The fourth-order valence-corrected chi connectivity index (χ4v) is 5.57. The molecule has 0 aromatic heterocycles. The Hall–Kier alpha value is -0.160. The Balaban J connectivity index is 0. The maximum Gasteiger partial charge on any atom is 0.0431 e. The molecule has 0 heterocycles. The minimum atomic E-state index is 0.359. The Morgan fingerprint density at radius 3 is 0.268 bits per heavy atom. The molecule has 0 amide bonds. The number of aliphatic hydroxyl groups is 4. The van der Waals surface area contributed by atoms with Crippen molar-refractivity contribution in [2.45, 2.75) is 212 Å². The van der Waals surface area contributed by atoms with Gasteiger partial charge in [0.2, 0.25) is 0 Å². The third-order valence-electron chi connectivity index (χ3n) is 8.38. The number of aliphatic hydroxyl groups excluding tert-OH is 4. The minimum absolute atomic E-state index is 0.359. The first-order valence-electron chi connectivity index (χ1n) is 18.8. The summed E-state index contributed by atoms with van der Waals surface area (Å²) in [6, 6.07) is 0. The SMILES string of the molecule is OCCCCCCCCCCCCCCCCCCCCCO.OCCCCCCCCCCCCCCCCO. The molecule has 0 unspecified atom stereocenters. The zero-order valence-electron chi connectivity index (χ0n) is 28.0. The van der Waals surface area contributed by atoms with Gasteiger partial charge in [-0.25, -0.2) is 0 Å². The molecule has 250 valence electrons. The number of hydrogen-bond donors (Lipinski definition) is 4. The first-order valence-corrected chi connectivity index (χ1v) is 18.8. The smallest absolute Gasteiger partial charge is 0.0431 e. The molecule has 41 heavy (non-hydrogen) atoms. The van der Waals surface area contributed by atoms with E-state index in [1.807, 2.05) is 0 Å². The molecular weight excluding hydrogens is 508 g/mol. The van der Waals surface area contributed by atoms with E-state index in [9.17, 15) is 0 Å². The monoisotopic (exact) mass is 587 g/mol. The van der Waals surface area contributed by atoms with Crippen molar-refractivity contribution < 1.29 is 20.4 Å². The Kier molecular flexibility index (Phi) is 46.4. The van der Waals surface area contributed by atoms with E-state index in [-0.39, 0.29) is 0 Å². The average Bonchev–Trinajstić information content (AvgIpc) is 2.99. The lowest BCUT2D eigenvalue weighted by Gasteiger charge is -2.03. The van der Waals surface area contributed by atoms with Crippen LogP contribution < -0.4 is 0 Å². The molecule has 4 N–H and O–H groups in total. The molecule has 0 aliphatic heterocycles. The van der Waals surface area contributed by atoms with Crippen LogP contribution in [0.4, 0.5) is 0 Å². The molecular formula is C37H78O4. The first kappa shape index (κ1) is 43.0. The molecule has 0 rings (SSSR count). The minimum Gasteiger partial charge on any atom is -0.396 e. The second-order valence-corrected chi connectivity index (χ2v) is 12.6. The average molecular weight is 587 g/mol. The number of rotatable bonds is 35. The quantitative estimate of drug-likeness (QED) is 0.0557. The molecule has 0 fully saturated rings. The zero-order chi connectivity index (χ0) is 30.2. The molecule has 0 atom stereocenters. The topological polar surface area (TPSA) is 80.9 Å². The van der Waals surface area contributed by atoms with Crippen LogP contribution in [0.2, 0.25) is 0 Å². The highest BCUT2D eigenvalue weighted by molar-refractivity contribution is 4.51. The van der Waals surface area contributed by atoms with Gasteiger partial charge in [0.15, 0.2) is 0 Å². The van der Waals surface area contributed by atoms with Gasteiger partial charge in [-0.2, -0.15) is 0 Å². The summed E-state index contributed by atoms with van der Waals surface area (Å²) in [6.45, 7) is 1.45. The molecule has 0 aromatic rings. The molecule has 0 aromatic carbocycles. The summed E-state index contributed by atoms with van der Waals surface area (Å²) in [4.78, 5) is 0. The van der Waals surface area contributed by atoms with E-state index < -0.39 is 0 Å². The van der Waals surface area contributed by atoms with Crippen molar-refractivity contribution >= 4 is 0 Å². The predicted molar refractivity (Wildman–Crippen MR) is 181 cm³/mol. The maximum absolute atomic E-state index is 8.70. The molecule has 0 spiro atoms. The molecule has 4 heteroatoms. The van der Waals surface area contributed by atoms with E-state index >= 15 is 0 Å². The van der Waals surface area contributed by atoms with Gasteiger partial charge in [-0.15, -0.1) is 0 Å². The molecule has 0 saturated carbocycles. The van der Waals surface area contributed by atoms with Crippen molar-refractivity contribution in [2.75, 3.05) is 26.4 Å². The lowest BCUT2D eigenvalue weighted by molar-refractivity contribution is 0.282. The van der Waals surface area contributed by atoms with Gasteiger partial charge in [0, 0.05) is 26.4 Å². The van der Waals surface area contributed by atoms with Crippen LogP contribution in [-0.4, -0.2) is 46.9 Å². The van der Waals surface area contributed by atoms with Crippen molar-refractivity contribution in [3.63, 3.8) is 0 Å². The summed E-state index contributed by atoms with van der Waals surface area (Å²) >= 11 is 0. The summed E-state index contributed by atoms with van der Waals surface area (Å²) < 4.78 is 0. The van der Waals surface area contributed by atoms with Gasteiger partial charge in [0.1, 0.15) is 0 Å². The van der Waals surface area contributed by atoms with Crippen LogP contribution in [0, 0.1) is 0 Å². The maximum atomic E-state index is 8.70. The molecule has 0 radical (unpaired) electrons. The van der Waals surface area contributed by atoms with E-state index in [4.69, 9.17) is 20.4 Å². The first-order chi connectivity index (χ1) is 20.3. The Labute approximate surface area is 258 Å². The highest BCUT2D eigenvalue weighted by Crippen LogP contribution is 2.15. The third kappa shape index (κ3) is 47.0. The van der Waals surface area contributed by atoms with Gasteiger partial charge in [0.05, 0.1) is 0 Å². The van der Waals surface area contributed by atoms with Crippen LogP contribution in [0.25, 0.3) is 0 Å². The summed E-state index contributed by atoms with van der Waals surface area (Å²) in [5.74, 6) is 0. The second kappa shape index (κ2) is 44.3. The Bertz CT molecular complexity index is 368. The van der Waals surface area contributed by atoms with E-state index in [1.54, 1.807) is 0 Å². The zero-order valence-corrected chi connectivity index (χ0v) is 28.0. The van der Waals surface area contributed by atoms with Crippen LogP contribution in [-0.2, 0) is 0 Å². The lowest BCUT2D eigenvalue weighted by atomic mass is 10.0. The van der Waals surface area contributed by atoms with Crippen molar-refractivity contribution in [1.29, 1.82) is 0 Å². The highest BCUT2D eigenvalue weighted by Gasteiger charge is 1.96. The largest absolute Gasteiger partial charge is 0.396 e. The van der Waals surface area contributed by atoms with Crippen molar-refractivity contribution in [1.82, 2.24) is 0 Å². The second-order valence-electron chi connectivity index (χ2n) is 12.6. The van der Waals surface area contributed by atoms with Crippen LogP contribution in [0.3, 0.4) is 0 Å². The summed E-state index contributed by atoms with van der Waals surface area (Å²) in [5, 5.41) is 34.7. The van der Waals surface area contributed by atoms with Crippen LogP contribution in [0.15, 0.2) is 0 Å². The van der Waals surface area contributed by atoms with Gasteiger partial charge in [-0.1, -0.05) is 186 Å². The highest BCUT2D eigenvalue weighted by atomic mass is 16.3. The van der Waals surface area contributed by atoms with Gasteiger partial charge in [0.25, 0.3) is 0 Å². The van der Waals surface area contributed by atoms with E-state index in [0.29, 0.717) is 26.4 Å². The standard InChI is InChI=1S/C21H44O2.C16H34O2/c22-20-18-16-14-12-10-8-6-4-2-1-3-5-7-9-11-13-15-17-19-21-23;17-15-13-11-9-7-5-3-1-2-4-6-8-10-12-14-16-18/h22-23H,1-21H2;17-18H,1-16H2. The number of hydrogen-bond acceptors (Lipinski definition) is 4. The third-order valence-corrected chi connectivity index (χ3v) is 8.38. The van der Waals surface area contributed by atoms with E-state index in [1.165, 1.54) is 186 Å². The molecule has 0 bridgehead atoms. The van der Waals surface area contributed by atoms with Crippen LogP contribution in [0.5, 0.6) is 0 Å². The van der Waals surface area contributed by atoms with E-state index in [0.717, 1.165) is 25.7 Å². The lowest BCUT2D eigenvalue weighted by Crippen LogP contribution is -1.85. The molecule has 0 aliphatic carbocycles. The summed E-state index contributed by atoms with van der Waals surface area (Å²) in [5.41, 5.74) is 0. The van der Waals surface area contributed by atoms with Crippen molar-refractivity contribution in [3.8, 4) is 0 Å². The Morgan fingerprint density at radius 2 is 0.195 bits per heavy atom. The summed E-state index contributed by atoms with van der Waals surface area (Å²) in [7, 11) is 0. The van der Waals surface area contributed by atoms with Gasteiger partial charge in [-0.05, 0) is 25.7 Å². The predicted octanol–water partition coefficient (Wildman–Crippen LogP) is 10.8. The Morgan fingerprint density at radius 1 is 0.122 bits per heavy atom. The normalized spacial score (nSPS) is 11.1. The molecule has 0 aliphatic rings. The molecule has 0 saturated heterocycles. The van der Waals surface area contributed by atoms with Crippen molar-refractivity contribution in [2.24, 2.45) is 0 Å². The summed E-state index contributed by atoms with van der Waals surface area (Å²) in [6.07, 6.45) is 43.4.